The summed E-state index contributed by atoms with van der Waals surface area (Å²) in [6, 6.07) is 23.7. The van der Waals surface area contributed by atoms with Gasteiger partial charge in [-0.25, -0.2) is 9.59 Å². The summed E-state index contributed by atoms with van der Waals surface area (Å²) in [7, 11) is 1.28. The van der Waals surface area contributed by atoms with Crippen molar-refractivity contribution in [3.05, 3.63) is 84.9 Å². The Morgan fingerprint density at radius 2 is 1.51 bits per heavy atom. The van der Waals surface area contributed by atoms with Gasteiger partial charge in [-0.2, -0.15) is 0 Å². The van der Waals surface area contributed by atoms with Crippen LogP contribution in [0, 0.1) is 11.8 Å². The van der Waals surface area contributed by atoms with E-state index in [1.54, 1.807) is 41.5 Å². The second-order valence-corrected chi connectivity index (χ2v) is 18.2. The number of nitrogens with one attached hydrogen (secondary N) is 4. The zero-order chi connectivity index (χ0) is 45.2. The van der Waals surface area contributed by atoms with E-state index in [9.17, 15) is 24.3 Å². The summed E-state index contributed by atoms with van der Waals surface area (Å²) in [6.45, 7) is 10.4. The lowest BCUT2D eigenvalue weighted by atomic mass is 9.92. The number of guanidine groups is 1. The summed E-state index contributed by atoms with van der Waals surface area (Å²) in [5.41, 5.74) is -2.61. The number of aliphatic imine (C=N–C) groups is 1. The number of hydrogen-bond donors (Lipinski definition) is 5. The highest BCUT2D eigenvalue weighted by atomic mass is 16.6. The third-order valence-corrected chi connectivity index (χ3v) is 11.2. The van der Waals surface area contributed by atoms with E-state index in [1.807, 2.05) is 84.9 Å². The van der Waals surface area contributed by atoms with Crippen molar-refractivity contribution in [3.8, 4) is 22.6 Å². The molecule has 5 N–H and O–H groups in total. The molecule has 3 aliphatic rings. The molecule has 5 unspecified atom stereocenters. The number of fused-ring (bicyclic) bond motifs is 8. The third kappa shape index (κ3) is 10.4. The fourth-order valence-corrected chi connectivity index (χ4v) is 8.19. The fourth-order valence-electron chi connectivity index (χ4n) is 8.19. The number of hydrogen-bond acceptors (Lipinski definition) is 11. The molecule has 1 aliphatic heterocycles. The van der Waals surface area contributed by atoms with Crippen molar-refractivity contribution in [2.24, 2.45) is 16.8 Å². The minimum absolute atomic E-state index is 0.0721. The number of rotatable bonds is 7. The SMILES string of the molecule is COC(=O)C12CC1/C=C/COc1ccc3ccccc3c1-c1c(ccc3ccccc13)OCC(=O)NC1(CC1CCCN=C(NC(=O)OC(C)(C)C)NC(O)OC(C)(C)C)C(=O)N2. The Labute approximate surface area is 366 Å². The van der Waals surface area contributed by atoms with Crippen molar-refractivity contribution in [2.75, 3.05) is 26.9 Å². The average molecular weight is 864 g/mol. The van der Waals surface area contributed by atoms with Gasteiger partial charge in [0.1, 0.15) is 34.8 Å². The van der Waals surface area contributed by atoms with Crippen molar-refractivity contribution in [1.29, 1.82) is 0 Å². The molecule has 0 aromatic heterocycles. The van der Waals surface area contributed by atoms with E-state index in [4.69, 9.17) is 23.7 Å². The van der Waals surface area contributed by atoms with Crippen molar-refractivity contribution < 1.29 is 48.0 Å². The van der Waals surface area contributed by atoms with Crippen LogP contribution in [0.15, 0.2) is 89.9 Å². The molecule has 3 amide bonds. The Balaban J connectivity index is 1.17. The normalized spacial score (nSPS) is 23.6. The number of methoxy groups -OCH3 is 1. The number of aliphatic hydroxyl groups is 1. The predicted octanol–water partition coefficient (Wildman–Crippen LogP) is 6.25. The van der Waals surface area contributed by atoms with Crippen molar-refractivity contribution in [1.82, 2.24) is 21.3 Å². The summed E-state index contributed by atoms with van der Waals surface area (Å²) in [5, 5.41) is 25.5. The first-order chi connectivity index (χ1) is 29.9. The maximum Gasteiger partial charge on any atom is 0.414 e. The van der Waals surface area contributed by atoms with Crippen LogP contribution in [0.2, 0.25) is 0 Å². The van der Waals surface area contributed by atoms with E-state index in [2.05, 4.69) is 26.3 Å². The first kappa shape index (κ1) is 44.9. The lowest BCUT2D eigenvalue weighted by Crippen LogP contribution is -2.57. The van der Waals surface area contributed by atoms with Gasteiger partial charge in [-0.05, 0) is 107 Å². The van der Waals surface area contributed by atoms with Gasteiger partial charge in [0.15, 0.2) is 6.61 Å². The fraction of sp³-hybridized carbons (Fsp3) is 0.438. The number of aliphatic hydroxyl groups excluding tert-OH is 1. The van der Waals surface area contributed by atoms with Gasteiger partial charge in [0.2, 0.25) is 18.3 Å². The molecule has 334 valence electrons. The van der Waals surface area contributed by atoms with Crippen molar-refractivity contribution in [2.45, 2.75) is 95.9 Å². The molecule has 15 heteroatoms. The highest BCUT2D eigenvalue weighted by Gasteiger charge is 2.67. The van der Waals surface area contributed by atoms with Crippen LogP contribution in [0.4, 0.5) is 4.79 Å². The van der Waals surface area contributed by atoms with Gasteiger partial charge in [0.25, 0.3) is 5.91 Å². The summed E-state index contributed by atoms with van der Waals surface area (Å²) in [4.78, 5) is 58.9. The van der Waals surface area contributed by atoms with Crippen LogP contribution in [-0.2, 0) is 28.6 Å². The smallest absolute Gasteiger partial charge is 0.414 e. The van der Waals surface area contributed by atoms with Crippen molar-refractivity contribution >= 4 is 51.4 Å². The molecule has 0 bridgehead atoms. The average Bonchev–Trinajstić information content (AvgIpc) is 4.12. The summed E-state index contributed by atoms with van der Waals surface area (Å²) < 4.78 is 29.0. The number of amides is 3. The van der Waals surface area contributed by atoms with Gasteiger partial charge in [-0.3, -0.25) is 19.9 Å². The van der Waals surface area contributed by atoms with Crippen molar-refractivity contribution in [3.63, 3.8) is 0 Å². The molecular weight excluding hydrogens is 807 g/mol. The number of carbonyl (C=O) groups excluding carboxylic acids is 4. The van der Waals surface area contributed by atoms with Gasteiger partial charge in [-0.15, -0.1) is 0 Å². The summed E-state index contributed by atoms with van der Waals surface area (Å²) >= 11 is 0. The Kier molecular flexibility index (Phi) is 12.7. The molecule has 5 atom stereocenters. The van der Waals surface area contributed by atoms with Gasteiger partial charge in [0.05, 0.1) is 12.7 Å². The van der Waals surface area contributed by atoms with Crippen LogP contribution < -0.4 is 30.7 Å². The quantitative estimate of drug-likeness (QED) is 0.0352. The van der Waals surface area contributed by atoms with E-state index in [0.717, 1.165) is 32.7 Å². The van der Waals surface area contributed by atoms with Crippen LogP contribution >= 0.6 is 0 Å². The zero-order valence-corrected chi connectivity index (χ0v) is 36.8. The number of alkyl carbamates (subject to hydrolysis) is 1. The monoisotopic (exact) mass is 863 g/mol. The summed E-state index contributed by atoms with van der Waals surface area (Å²) in [6.07, 6.45) is 2.87. The topological polar surface area (TPSA) is 195 Å². The van der Waals surface area contributed by atoms with Crippen LogP contribution in [0.5, 0.6) is 11.5 Å². The predicted molar refractivity (Wildman–Crippen MR) is 238 cm³/mol. The highest BCUT2D eigenvalue weighted by molar-refractivity contribution is 6.10. The van der Waals surface area contributed by atoms with Gasteiger partial charge >= 0.3 is 12.1 Å². The molecule has 4 aromatic rings. The Morgan fingerprint density at radius 1 is 0.873 bits per heavy atom. The van der Waals surface area contributed by atoms with Gasteiger partial charge in [0, 0.05) is 23.6 Å². The minimum Gasteiger partial charge on any atom is -0.489 e. The second-order valence-electron chi connectivity index (χ2n) is 18.2. The first-order valence-corrected chi connectivity index (χ1v) is 21.3. The molecule has 7 rings (SSSR count). The standard InChI is InChI=1S/C48H57N5O10/c1-45(2,3)62-43(57)50-42(51-44(58)63-46(4,5)6)49-24-12-16-31-26-47(31)40(55)53-48(41(56)59-7)27-32(48)17-13-25-60-35-22-20-29-14-8-10-18-33(29)38(35)39-34-19-11-9-15-30(34)21-23-36(39)61-28-37(54)52-47/h8-11,13-15,17-23,31-32,43,57H,12,16,24-28H2,1-7H3,(H,52,54)(H,53,55)(H2,49,50,51,58)/b17-13+. The van der Waals surface area contributed by atoms with E-state index < -0.39 is 59.2 Å². The maximum absolute atomic E-state index is 14.4. The van der Waals surface area contributed by atoms with E-state index in [1.165, 1.54) is 7.11 Å². The molecule has 1 spiro atoms. The highest BCUT2D eigenvalue weighted by Crippen LogP contribution is 2.51. The number of ether oxygens (including phenoxy) is 5. The second kappa shape index (κ2) is 17.9. The molecule has 2 aliphatic carbocycles. The van der Waals surface area contributed by atoms with Gasteiger partial charge < -0.3 is 44.7 Å². The van der Waals surface area contributed by atoms with E-state index in [-0.39, 0.29) is 30.9 Å². The Morgan fingerprint density at radius 3 is 2.13 bits per heavy atom. The maximum atomic E-state index is 14.4. The number of carbonyl (C=O) groups is 4. The molecule has 0 radical (unpaired) electrons. The molecule has 0 saturated heterocycles. The third-order valence-electron chi connectivity index (χ3n) is 11.2. The molecule has 15 nitrogen and oxygen atoms in total. The van der Waals surface area contributed by atoms with Crippen LogP contribution in [-0.4, -0.2) is 90.5 Å². The Bertz CT molecular complexity index is 2460. The molecular formula is C48H57N5O10. The lowest BCUT2D eigenvalue weighted by Gasteiger charge is -2.26. The van der Waals surface area contributed by atoms with Crippen LogP contribution in [0.3, 0.4) is 0 Å². The first-order valence-electron chi connectivity index (χ1n) is 21.3. The molecule has 63 heavy (non-hydrogen) atoms. The number of esters is 1. The lowest BCUT2D eigenvalue weighted by molar-refractivity contribution is -0.172. The molecule has 2 saturated carbocycles. The van der Waals surface area contributed by atoms with Crippen LogP contribution in [0.25, 0.3) is 32.7 Å². The Hall–Kier alpha value is -6.19. The molecule has 4 aromatic carbocycles. The molecule has 2 fully saturated rings. The molecule has 1 heterocycles. The number of nitrogens with zero attached hydrogens (tertiary/aromatic N) is 1. The summed E-state index contributed by atoms with van der Waals surface area (Å²) in [5.74, 6) is -1.34. The largest absolute Gasteiger partial charge is 0.489 e. The minimum atomic E-state index is -1.50. The van der Waals surface area contributed by atoms with E-state index >= 15 is 0 Å². The number of benzene rings is 4. The van der Waals surface area contributed by atoms with Crippen LogP contribution in [0.1, 0.15) is 67.2 Å². The zero-order valence-electron chi connectivity index (χ0n) is 36.8. The van der Waals surface area contributed by atoms with Gasteiger partial charge in [-0.1, -0.05) is 72.8 Å². The van der Waals surface area contributed by atoms with E-state index in [0.29, 0.717) is 37.2 Å².